The van der Waals surface area contributed by atoms with Gasteiger partial charge in [-0.25, -0.2) is 0 Å². The molecule has 3 aliphatic rings. The second kappa shape index (κ2) is 14.7. The van der Waals surface area contributed by atoms with Crippen molar-refractivity contribution in [1.82, 2.24) is 0 Å². The Morgan fingerprint density at radius 3 is 1.42 bits per heavy atom. The van der Waals surface area contributed by atoms with Crippen LogP contribution in [0.1, 0.15) is 177 Å². The number of fused-ring (bicyclic) bond motifs is 5. The van der Waals surface area contributed by atoms with Crippen LogP contribution in [0.15, 0.2) is 109 Å². The molecule has 0 N–H and O–H groups in total. The Kier molecular flexibility index (Phi) is 10.3. The molecule has 0 saturated heterocycles. The standard InChI is InChI=1S/C63H77BN2/c1-57(2,3)40-23-27-45(28-24-40)65-52-30-26-43(60(10,11)12)33-49(52)64-50-36-47-48(63(18,19)38-62(47,16)17)37-53(50)66(55-35-44(61(13,14)15)34-54(65)56(55)64)51-29-25-42(59(7,8)9)32-46(51)39-21-20-22-41(31-39)58(4,5)6/h20-37H,38H2,1-19H3. The molecule has 0 saturated carbocycles. The quantitative estimate of drug-likeness (QED) is 0.163. The van der Waals surface area contributed by atoms with Crippen LogP contribution in [0, 0.1) is 0 Å². The first-order valence-electron chi connectivity index (χ1n) is 24.8. The summed E-state index contributed by atoms with van der Waals surface area (Å²) in [6.45, 7) is 45.1. The van der Waals surface area contributed by atoms with Gasteiger partial charge in [0.15, 0.2) is 0 Å². The molecule has 0 amide bonds. The first-order valence-corrected chi connectivity index (χ1v) is 24.8. The van der Waals surface area contributed by atoms with Crippen LogP contribution in [0.5, 0.6) is 0 Å². The summed E-state index contributed by atoms with van der Waals surface area (Å²) >= 11 is 0. The van der Waals surface area contributed by atoms with Crippen LogP contribution in [-0.2, 0) is 37.9 Å². The lowest BCUT2D eigenvalue weighted by atomic mass is 9.33. The zero-order valence-corrected chi connectivity index (χ0v) is 44.1. The average Bonchev–Trinajstić information content (AvgIpc) is 3.39. The molecule has 0 bridgehead atoms. The minimum Gasteiger partial charge on any atom is -0.311 e. The van der Waals surface area contributed by atoms with Gasteiger partial charge in [-0.3, -0.25) is 0 Å². The fraction of sp³-hybridized carbons (Fsp3) is 0.429. The van der Waals surface area contributed by atoms with E-state index in [0.29, 0.717) is 0 Å². The van der Waals surface area contributed by atoms with Crippen molar-refractivity contribution in [2.75, 3.05) is 9.80 Å². The largest absolute Gasteiger partial charge is 0.311 e. The number of rotatable bonds is 3. The van der Waals surface area contributed by atoms with Crippen molar-refractivity contribution in [3.05, 3.63) is 148 Å². The molecule has 0 aromatic heterocycles. The number of anilines is 6. The molecule has 6 aromatic rings. The second-order valence-corrected chi connectivity index (χ2v) is 26.8. The van der Waals surface area contributed by atoms with E-state index in [0.717, 1.165) is 6.42 Å². The molecule has 1 aliphatic carbocycles. The van der Waals surface area contributed by atoms with E-state index >= 15 is 0 Å². The second-order valence-electron chi connectivity index (χ2n) is 26.8. The van der Waals surface area contributed by atoms with Crippen molar-refractivity contribution in [2.24, 2.45) is 0 Å². The molecule has 0 unspecified atom stereocenters. The maximum Gasteiger partial charge on any atom is 0.252 e. The van der Waals surface area contributed by atoms with Crippen LogP contribution < -0.4 is 26.2 Å². The number of nitrogens with zero attached hydrogens (tertiary/aromatic N) is 2. The Hall–Kier alpha value is -5.02. The van der Waals surface area contributed by atoms with Gasteiger partial charge in [-0.15, -0.1) is 0 Å². The van der Waals surface area contributed by atoms with E-state index in [1.165, 1.54) is 101 Å². The Morgan fingerprint density at radius 2 is 0.864 bits per heavy atom. The summed E-state index contributed by atoms with van der Waals surface area (Å²) in [6, 6.07) is 44.1. The van der Waals surface area contributed by atoms with Crippen molar-refractivity contribution in [2.45, 2.75) is 176 Å². The fourth-order valence-electron chi connectivity index (χ4n) is 11.6. The van der Waals surface area contributed by atoms with Gasteiger partial charge in [-0.05, 0) is 154 Å². The molecule has 6 aromatic carbocycles. The number of benzene rings is 6. The first-order chi connectivity index (χ1) is 30.4. The van der Waals surface area contributed by atoms with Gasteiger partial charge in [-0.1, -0.05) is 192 Å². The van der Waals surface area contributed by atoms with Crippen molar-refractivity contribution >= 4 is 57.2 Å². The van der Waals surface area contributed by atoms with Gasteiger partial charge >= 0.3 is 0 Å². The molecule has 0 atom stereocenters. The lowest BCUT2D eigenvalue weighted by Crippen LogP contribution is -2.62. The summed E-state index contributed by atoms with van der Waals surface area (Å²) in [5, 5.41) is 0. The molecule has 66 heavy (non-hydrogen) atoms. The van der Waals surface area contributed by atoms with Crippen LogP contribution in [0.3, 0.4) is 0 Å². The predicted molar refractivity (Wildman–Crippen MR) is 290 cm³/mol. The monoisotopic (exact) mass is 873 g/mol. The van der Waals surface area contributed by atoms with Crippen molar-refractivity contribution < 1.29 is 0 Å². The van der Waals surface area contributed by atoms with Crippen LogP contribution in [0.4, 0.5) is 34.1 Å². The minimum atomic E-state index is -0.116. The molecule has 9 rings (SSSR count). The van der Waals surface area contributed by atoms with Gasteiger partial charge in [-0.2, -0.15) is 0 Å². The van der Waals surface area contributed by atoms with Gasteiger partial charge in [0.05, 0.1) is 5.69 Å². The van der Waals surface area contributed by atoms with Crippen molar-refractivity contribution in [1.29, 1.82) is 0 Å². The normalized spacial score (nSPS) is 16.5. The Bertz CT molecular complexity index is 2910. The van der Waals surface area contributed by atoms with E-state index in [2.05, 4.69) is 251 Å². The average molecular weight is 873 g/mol. The first kappa shape index (κ1) is 46.1. The number of hydrogen-bond acceptors (Lipinski definition) is 2. The topological polar surface area (TPSA) is 6.48 Å². The van der Waals surface area contributed by atoms with E-state index < -0.39 is 0 Å². The van der Waals surface area contributed by atoms with Gasteiger partial charge in [0.2, 0.25) is 0 Å². The van der Waals surface area contributed by atoms with E-state index in [1.54, 1.807) is 0 Å². The Balaban J connectivity index is 1.46. The smallest absolute Gasteiger partial charge is 0.252 e. The van der Waals surface area contributed by atoms with E-state index in [9.17, 15) is 0 Å². The molecular weight excluding hydrogens is 796 g/mol. The summed E-state index contributed by atoms with van der Waals surface area (Å²) in [5.74, 6) is 0. The molecule has 3 heteroatoms. The van der Waals surface area contributed by atoms with Gasteiger partial charge in [0.1, 0.15) is 0 Å². The molecule has 2 nitrogen and oxygen atoms in total. The molecule has 342 valence electrons. The third-order valence-electron chi connectivity index (χ3n) is 15.4. The molecule has 2 aliphatic heterocycles. The molecule has 0 spiro atoms. The number of hydrogen-bond donors (Lipinski definition) is 0. The molecule has 0 radical (unpaired) electrons. The van der Waals surface area contributed by atoms with Gasteiger partial charge < -0.3 is 9.80 Å². The summed E-state index contributed by atoms with van der Waals surface area (Å²) in [7, 11) is 0. The van der Waals surface area contributed by atoms with Crippen LogP contribution in [0.25, 0.3) is 11.1 Å². The minimum absolute atomic E-state index is 0.00957. The van der Waals surface area contributed by atoms with E-state index in [1.807, 2.05) is 0 Å². The maximum absolute atomic E-state index is 2.71. The molecule has 0 fully saturated rings. The highest BCUT2D eigenvalue weighted by molar-refractivity contribution is 7.00. The van der Waals surface area contributed by atoms with Crippen LogP contribution >= 0.6 is 0 Å². The van der Waals surface area contributed by atoms with Gasteiger partial charge in [0.25, 0.3) is 6.71 Å². The lowest BCUT2D eigenvalue weighted by Gasteiger charge is -2.46. The summed E-state index contributed by atoms with van der Waals surface area (Å²) in [6.07, 6.45) is 1.11. The van der Waals surface area contributed by atoms with E-state index in [4.69, 9.17) is 0 Å². The van der Waals surface area contributed by atoms with Gasteiger partial charge in [0, 0.05) is 34.0 Å². The predicted octanol–water partition coefficient (Wildman–Crippen LogP) is 15.9. The zero-order chi connectivity index (χ0) is 48.1. The highest BCUT2D eigenvalue weighted by atomic mass is 15.2. The Labute approximate surface area is 400 Å². The molecular formula is C63H77BN2. The maximum atomic E-state index is 2.71. The van der Waals surface area contributed by atoms with Crippen molar-refractivity contribution in [3.8, 4) is 11.1 Å². The fourth-order valence-corrected chi connectivity index (χ4v) is 11.6. The Morgan fingerprint density at radius 1 is 0.394 bits per heavy atom. The summed E-state index contributed by atoms with van der Waals surface area (Å²) in [4.78, 5) is 5.32. The third kappa shape index (κ3) is 7.65. The lowest BCUT2D eigenvalue weighted by molar-refractivity contribution is 0.403. The van der Waals surface area contributed by atoms with Crippen LogP contribution in [-0.4, -0.2) is 6.71 Å². The summed E-state index contributed by atoms with van der Waals surface area (Å²) in [5.41, 5.74) is 23.9. The zero-order valence-electron chi connectivity index (χ0n) is 44.1. The highest BCUT2D eigenvalue weighted by Gasteiger charge is 2.49. The molecule has 2 heterocycles. The third-order valence-corrected chi connectivity index (χ3v) is 15.4. The van der Waals surface area contributed by atoms with Crippen LogP contribution in [0.2, 0.25) is 0 Å². The van der Waals surface area contributed by atoms with Crippen molar-refractivity contribution in [3.63, 3.8) is 0 Å². The van der Waals surface area contributed by atoms with E-state index in [-0.39, 0.29) is 44.6 Å². The highest BCUT2D eigenvalue weighted by Crippen LogP contribution is 2.54. The SMILES string of the molecule is CC(C)(C)c1ccc(N2c3ccc(C(C)(C)C)cc3B3c4cc5c(cc4N(c4ccc(C(C)(C)C)cc4-c4cccc(C(C)(C)C)c4)c4cc(C(C)(C)C)cc2c43)C(C)(C)CC5(C)C)cc1. The summed E-state index contributed by atoms with van der Waals surface area (Å²) < 4.78 is 0.